The molecule has 0 aliphatic carbocycles. The van der Waals surface area contributed by atoms with E-state index in [0.29, 0.717) is 28.0 Å². The van der Waals surface area contributed by atoms with Gasteiger partial charge in [0.25, 0.3) is 5.91 Å². The van der Waals surface area contributed by atoms with E-state index in [4.69, 9.17) is 11.6 Å². The molecule has 24 heavy (non-hydrogen) atoms. The second-order valence-corrected chi connectivity index (χ2v) is 5.84. The third-order valence-electron chi connectivity index (χ3n) is 3.72. The quantitative estimate of drug-likeness (QED) is 0.780. The lowest BCUT2D eigenvalue weighted by Crippen LogP contribution is -2.22. The number of hydrogen-bond acceptors (Lipinski definition) is 2. The second-order valence-electron chi connectivity index (χ2n) is 5.40. The Morgan fingerprint density at radius 3 is 2.54 bits per heavy atom. The first-order valence-electron chi connectivity index (χ1n) is 7.30. The van der Waals surface area contributed by atoms with Gasteiger partial charge < -0.3 is 5.32 Å². The summed E-state index contributed by atoms with van der Waals surface area (Å²) in [5.74, 6) is -1.08. The number of fused-ring (bicyclic) bond motifs is 1. The van der Waals surface area contributed by atoms with Gasteiger partial charge in [0.15, 0.2) is 0 Å². The van der Waals surface area contributed by atoms with Crippen LogP contribution in [-0.4, -0.2) is 16.4 Å². The summed E-state index contributed by atoms with van der Waals surface area (Å²) in [5, 5.41) is 3.94. The van der Waals surface area contributed by atoms with Crippen LogP contribution >= 0.6 is 11.6 Å². The van der Waals surface area contributed by atoms with E-state index in [1.807, 2.05) is 12.1 Å². The molecule has 2 aromatic carbocycles. The largest absolute Gasteiger partial charge is 0.348 e. The lowest BCUT2D eigenvalue weighted by molar-refractivity contribution is 0.0941. The van der Waals surface area contributed by atoms with Crippen molar-refractivity contribution in [3.05, 3.63) is 70.6 Å². The van der Waals surface area contributed by atoms with E-state index in [1.165, 1.54) is 35.9 Å². The Hall–Kier alpha value is -2.66. The minimum Gasteiger partial charge on any atom is -0.348 e. The van der Waals surface area contributed by atoms with Crippen molar-refractivity contribution in [2.45, 2.75) is 13.5 Å². The lowest BCUT2D eigenvalue weighted by atomic mass is 10.1. The molecule has 1 aromatic heterocycles. The Balaban J connectivity index is 1.89. The van der Waals surface area contributed by atoms with Crippen LogP contribution in [0.25, 0.3) is 10.9 Å². The van der Waals surface area contributed by atoms with Crippen molar-refractivity contribution >= 4 is 34.3 Å². The smallest absolute Gasteiger partial charge is 0.253 e. The van der Waals surface area contributed by atoms with Gasteiger partial charge in [0.2, 0.25) is 5.91 Å². The molecule has 3 aromatic rings. The lowest BCUT2D eigenvalue weighted by Gasteiger charge is -2.04. The molecule has 0 saturated heterocycles. The third kappa shape index (κ3) is 3.16. The molecule has 1 heterocycles. The number of carbonyl (C=O) groups is 2. The zero-order valence-electron chi connectivity index (χ0n) is 12.8. The molecule has 0 atom stereocenters. The summed E-state index contributed by atoms with van der Waals surface area (Å²) in [6.45, 7) is 1.68. The van der Waals surface area contributed by atoms with Crippen molar-refractivity contribution in [3.63, 3.8) is 0 Å². The van der Waals surface area contributed by atoms with Crippen molar-refractivity contribution in [2.24, 2.45) is 0 Å². The summed E-state index contributed by atoms with van der Waals surface area (Å²) >= 11 is 5.83. The Morgan fingerprint density at radius 2 is 1.88 bits per heavy atom. The Labute approximate surface area is 142 Å². The van der Waals surface area contributed by atoms with E-state index in [2.05, 4.69) is 5.32 Å². The number of benzene rings is 2. The van der Waals surface area contributed by atoms with Gasteiger partial charge in [-0.2, -0.15) is 0 Å². The fraction of sp³-hybridized carbons (Fsp3) is 0.111. The Kier molecular flexibility index (Phi) is 4.36. The van der Waals surface area contributed by atoms with E-state index < -0.39 is 5.82 Å². The number of nitrogens with one attached hydrogen (secondary N) is 1. The van der Waals surface area contributed by atoms with Crippen molar-refractivity contribution in [2.75, 3.05) is 0 Å². The maximum absolute atomic E-state index is 13.5. The fourth-order valence-corrected chi connectivity index (χ4v) is 2.65. The number of nitrogens with zero attached hydrogens (tertiary/aromatic N) is 1. The highest BCUT2D eigenvalue weighted by Crippen LogP contribution is 2.22. The van der Waals surface area contributed by atoms with Gasteiger partial charge in [-0.3, -0.25) is 14.2 Å². The summed E-state index contributed by atoms with van der Waals surface area (Å²) < 4.78 is 14.7. The maximum atomic E-state index is 13.5. The molecule has 0 aliphatic heterocycles. The SMILES string of the molecule is CC(=O)n1cc(C(=O)NCc2ccc(Cl)cc2)c2ccc(F)cc21. The van der Waals surface area contributed by atoms with E-state index >= 15 is 0 Å². The molecule has 0 spiro atoms. The first-order valence-corrected chi connectivity index (χ1v) is 7.67. The molecule has 0 unspecified atom stereocenters. The van der Waals surface area contributed by atoms with Gasteiger partial charge in [-0.15, -0.1) is 0 Å². The molecule has 0 saturated carbocycles. The molecule has 4 nitrogen and oxygen atoms in total. The van der Waals surface area contributed by atoms with Crippen LogP contribution in [0.5, 0.6) is 0 Å². The van der Waals surface area contributed by atoms with E-state index in [0.717, 1.165) is 5.56 Å². The van der Waals surface area contributed by atoms with Gasteiger partial charge in [-0.25, -0.2) is 4.39 Å². The molecule has 6 heteroatoms. The summed E-state index contributed by atoms with van der Waals surface area (Å²) in [7, 11) is 0. The van der Waals surface area contributed by atoms with Gasteiger partial charge in [-0.05, 0) is 35.9 Å². The minimum absolute atomic E-state index is 0.289. The Bertz CT molecular complexity index is 932. The monoisotopic (exact) mass is 344 g/mol. The van der Waals surface area contributed by atoms with Crippen LogP contribution < -0.4 is 5.32 Å². The van der Waals surface area contributed by atoms with Crippen LogP contribution in [0.2, 0.25) is 5.02 Å². The first kappa shape index (κ1) is 16.2. The zero-order valence-corrected chi connectivity index (χ0v) is 13.6. The van der Waals surface area contributed by atoms with E-state index in [-0.39, 0.29) is 11.8 Å². The van der Waals surface area contributed by atoms with Crippen LogP contribution in [0.1, 0.15) is 27.6 Å². The molecule has 0 radical (unpaired) electrons. The number of hydrogen-bond donors (Lipinski definition) is 1. The minimum atomic E-state index is -0.462. The highest BCUT2D eigenvalue weighted by molar-refractivity contribution is 6.30. The number of carbonyl (C=O) groups excluding carboxylic acids is 2. The molecular weight excluding hydrogens is 331 g/mol. The van der Waals surface area contributed by atoms with Gasteiger partial charge in [0.05, 0.1) is 11.1 Å². The van der Waals surface area contributed by atoms with Crippen LogP contribution in [0.4, 0.5) is 4.39 Å². The van der Waals surface area contributed by atoms with Gasteiger partial charge in [0, 0.05) is 30.1 Å². The highest BCUT2D eigenvalue weighted by Gasteiger charge is 2.17. The van der Waals surface area contributed by atoms with Crippen LogP contribution in [-0.2, 0) is 6.54 Å². The molecule has 1 amide bonds. The van der Waals surface area contributed by atoms with Gasteiger partial charge in [-0.1, -0.05) is 23.7 Å². The average Bonchev–Trinajstić information content (AvgIpc) is 2.93. The molecule has 0 bridgehead atoms. The fourth-order valence-electron chi connectivity index (χ4n) is 2.52. The van der Waals surface area contributed by atoms with Gasteiger partial charge in [0.1, 0.15) is 5.82 Å². The molecule has 0 aliphatic rings. The summed E-state index contributed by atoms with van der Waals surface area (Å²) in [6, 6.07) is 11.1. The van der Waals surface area contributed by atoms with E-state index in [9.17, 15) is 14.0 Å². The number of rotatable bonds is 3. The van der Waals surface area contributed by atoms with Crippen molar-refractivity contribution in [3.8, 4) is 0 Å². The second kappa shape index (κ2) is 6.45. The molecule has 0 fully saturated rings. The van der Waals surface area contributed by atoms with E-state index in [1.54, 1.807) is 12.1 Å². The van der Waals surface area contributed by atoms with Crippen LogP contribution in [0.3, 0.4) is 0 Å². The molecule has 3 rings (SSSR count). The number of amides is 1. The summed E-state index contributed by atoms with van der Waals surface area (Å²) in [6.07, 6.45) is 1.43. The predicted molar refractivity (Wildman–Crippen MR) is 90.8 cm³/mol. The molecular formula is C18H14ClFN2O2. The predicted octanol–water partition coefficient (Wildman–Crippen LogP) is 4.02. The molecule has 122 valence electrons. The maximum Gasteiger partial charge on any atom is 0.253 e. The van der Waals surface area contributed by atoms with Crippen molar-refractivity contribution in [1.29, 1.82) is 0 Å². The van der Waals surface area contributed by atoms with Crippen LogP contribution in [0.15, 0.2) is 48.7 Å². The topological polar surface area (TPSA) is 51.1 Å². The van der Waals surface area contributed by atoms with Gasteiger partial charge >= 0.3 is 0 Å². The Morgan fingerprint density at radius 1 is 1.17 bits per heavy atom. The molecule has 1 N–H and O–H groups in total. The average molecular weight is 345 g/mol. The highest BCUT2D eigenvalue weighted by atomic mass is 35.5. The summed E-state index contributed by atoms with van der Waals surface area (Å²) in [4.78, 5) is 24.2. The third-order valence-corrected chi connectivity index (χ3v) is 3.97. The number of halogens is 2. The zero-order chi connectivity index (χ0) is 17.3. The standard InChI is InChI=1S/C18H14ClFN2O2/c1-11(23)22-10-16(15-7-6-14(20)8-17(15)22)18(24)21-9-12-2-4-13(19)5-3-12/h2-8,10H,9H2,1H3,(H,21,24). The summed E-state index contributed by atoms with van der Waals surface area (Å²) in [5.41, 5.74) is 1.60. The van der Waals surface area contributed by atoms with Crippen LogP contribution in [0, 0.1) is 5.82 Å². The first-order chi connectivity index (χ1) is 11.5. The van der Waals surface area contributed by atoms with Crippen molar-refractivity contribution in [1.82, 2.24) is 9.88 Å². The number of aromatic nitrogens is 1. The van der Waals surface area contributed by atoms with Crippen molar-refractivity contribution < 1.29 is 14.0 Å². The normalized spacial score (nSPS) is 10.8.